The SMILES string of the molecule is COc1cccc(C(O)=C2C(=O)C(=O)N(CCCn3ccnc3)[C@@H]2c2ccccc2OC)c1. The minimum Gasteiger partial charge on any atom is -0.507 e. The van der Waals surface area contributed by atoms with Crippen LogP contribution in [-0.4, -0.2) is 52.0 Å². The van der Waals surface area contributed by atoms with E-state index < -0.39 is 17.7 Å². The maximum atomic E-state index is 13.2. The van der Waals surface area contributed by atoms with Gasteiger partial charge in [-0.1, -0.05) is 30.3 Å². The number of aromatic nitrogens is 2. The molecule has 3 aromatic rings. The number of carbonyl (C=O) groups is 2. The molecule has 0 aliphatic carbocycles. The number of Topliss-reactive ketones (excluding diaryl/α,β-unsaturated/α-hetero) is 1. The molecule has 4 rings (SSSR count). The number of ketones is 1. The van der Waals surface area contributed by atoms with Gasteiger partial charge in [-0.2, -0.15) is 0 Å². The van der Waals surface area contributed by atoms with Crippen molar-refractivity contribution in [2.45, 2.75) is 19.0 Å². The lowest BCUT2D eigenvalue weighted by Crippen LogP contribution is -2.31. The van der Waals surface area contributed by atoms with Gasteiger partial charge in [0.2, 0.25) is 0 Å². The molecule has 170 valence electrons. The average Bonchev–Trinajstić information content (AvgIpc) is 3.46. The molecular weight excluding hydrogens is 422 g/mol. The second-order valence-corrected chi connectivity index (χ2v) is 7.62. The minimum atomic E-state index is -0.782. The predicted octanol–water partition coefficient (Wildman–Crippen LogP) is 3.41. The fourth-order valence-corrected chi connectivity index (χ4v) is 4.09. The number of nitrogens with zero attached hydrogens (tertiary/aromatic N) is 3. The maximum Gasteiger partial charge on any atom is 0.295 e. The van der Waals surface area contributed by atoms with Crippen LogP contribution < -0.4 is 9.47 Å². The highest BCUT2D eigenvalue weighted by Crippen LogP contribution is 2.42. The molecule has 1 fully saturated rings. The van der Waals surface area contributed by atoms with Crippen molar-refractivity contribution < 1.29 is 24.2 Å². The quantitative estimate of drug-likeness (QED) is 0.323. The van der Waals surface area contributed by atoms with Gasteiger partial charge in [0.15, 0.2) is 0 Å². The van der Waals surface area contributed by atoms with Crippen LogP contribution in [0.1, 0.15) is 23.6 Å². The van der Waals surface area contributed by atoms with E-state index >= 15 is 0 Å². The van der Waals surface area contributed by atoms with E-state index in [2.05, 4.69) is 4.98 Å². The first-order valence-corrected chi connectivity index (χ1v) is 10.6. The number of imidazole rings is 1. The van der Waals surface area contributed by atoms with E-state index in [-0.39, 0.29) is 11.3 Å². The third-order valence-electron chi connectivity index (χ3n) is 5.69. The largest absolute Gasteiger partial charge is 0.507 e. The van der Waals surface area contributed by atoms with Gasteiger partial charge in [-0.3, -0.25) is 9.59 Å². The Balaban J connectivity index is 1.78. The molecule has 1 aliphatic heterocycles. The highest BCUT2D eigenvalue weighted by molar-refractivity contribution is 6.46. The van der Waals surface area contributed by atoms with Crippen LogP contribution in [0.15, 0.2) is 72.8 Å². The van der Waals surface area contributed by atoms with E-state index in [1.54, 1.807) is 48.9 Å². The normalized spacial score (nSPS) is 17.4. The van der Waals surface area contributed by atoms with Gasteiger partial charge >= 0.3 is 0 Å². The van der Waals surface area contributed by atoms with Gasteiger partial charge in [0.1, 0.15) is 17.3 Å². The second kappa shape index (κ2) is 9.60. The van der Waals surface area contributed by atoms with Crippen molar-refractivity contribution in [2.75, 3.05) is 20.8 Å². The number of methoxy groups -OCH3 is 2. The van der Waals surface area contributed by atoms with Crippen molar-refractivity contribution in [1.82, 2.24) is 14.5 Å². The van der Waals surface area contributed by atoms with Crippen LogP contribution in [0, 0.1) is 0 Å². The van der Waals surface area contributed by atoms with Gasteiger partial charge < -0.3 is 24.0 Å². The molecule has 1 saturated heterocycles. The molecule has 0 unspecified atom stereocenters. The van der Waals surface area contributed by atoms with E-state index in [1.165, 1.54) is 19.1 Å². The molecule has 0 bridgehead atoms. The Morgan fingerprint density at radius 1 is 1.06 bits per heavy atom. The Morgan fingerprint density at radius 2 is 1.88 bits per heavy atom. The number of aliphatic hydroxyl groups is 1. The average molecular weight is 447 g/mol. The molecule has 33 heavy (non-hydrogen) atoms. The zero-order valence-corrected chi connectivity index (χ0v) is 18.5. The van der Waals surface area contributed by atoms with Crippen LogP contribution in [-0.2, 0) is 16.1 Å². The van der Waals surface area contributed by atoms with Gasteiger partial charge in [0.25, 0.3) is 11.7 Å². The van der Waals surface area contributed by atoms with Gasteiger partial charge in [-0.05, 0) is 24.6 Å². The minimum absolute atomic E-state index is 0.0281. The summed E-state index contributed by atoms with van der Waals surface area (Å²) in [6.45, 7) is 0.956. The van der Waals surface area contributed by atoms with Crippen LogP contribution in [0.25, 0.3) is 5.76 Å². The molecule has 2 aromatic carbocycles. The summed E-state index contributed by atoms with van der Waals surface area (Å²) in [6, 6.07) is 13.2. The number of carbonyl (C=O) groups excluding carboxylic acids is 2. The maximum absolute atomic E-state index is 13.2. The number of ether oxygens (including phenoxy) is 2. The van der Waals surface area contributed by atoms with E-state index in [4.69, 9.17) is 9.47 Å². The molecule has 1 N–H and O–H groups in total. The molecule has 1 atom stereocenters. The Kier molecular flexibility index (Phi) is 6.44. The number of para-hydroxylation sites is 1. The molecule has 0 radical (unpaired) electrons. The number of aryl methyl sites for hydroxylation is 1. The topological polar surface area (TPSA) is 93.9 Å². The standard InChI is InChI=1S/C25H25N3O5/c1-32-18-8-5-7-17(15-18)23(29)21-22(19-9-3-4-10-20(19)33-2)28(25(31)24(21)30)13-6-12-27-14-11-26-16-27/h3-5,7-11,14-16,22,29H,6,12-13H2,1-2H3/t22-/m1/s1. The Morgan fingerprint density at radius 3 is 2.61 bits per heavy atom. The van der Waals surface area contributed by atoms with Crippen LogP contribution in [0.2, 0.25) is 0 Å². The van der Waals surface area contributed by atoms with E-state index in [0.717, 1.165) is 0 Å². The number of likely N-dealkylation sites (tertiary alicyclic amines) is 1. The third-order valence-corrected chi connectivity index (χ3v) is 5.69. The monoisotopic (exact) mass is 447 g/mol. The van der Waals surface area contributed by atoms with E-state index in [1.807, 2.05) is 22.9 Å². The van der Waals surface area contributed by atoms with Crippen molar-refractivity contribution in [3.8, 4) is 11.5 Å². The summed E-state index contributed by atoms with van der Waals surface area (Å²) in [7, 11) is 3.05. The zero-order valence-electron chi connectivity index (χ0n) is 18.5. The van der Waals surface area contributed by atoms with Crippen molar-refractivity contribution in [1.29, 1.82) is 0 Å². The van der Waals surface area contributed by atoms with E-state index in [0.29, 0.717) is 42.1 Å². The van der Waals surface area contributed by atoms with Crippen LogP contribution in [0.4, 0.5) is 0 Å². The summed E-state index contributed by atoms with van der Waals surface area (Å²) in [6.07, 6.45) is 5.84. The van der Waals surface area contributed by atoms with E-state index in [9.17, 15) is 14.7 Å². The molecule has 0 spiro atoms. The summed E-state index contributed by atoms with van der Waals surface area (Å²) in [5.74, 6) is -0.571. The van der Waals surface area contributed by atoms with Crippen LogP contribution in [0.3, 0.4) is 0 Å². The molecule has 8 nitrogen and oxygen atoms in total. The number of amides is 1. The molecule has 1 aliphatic rings. The molecular formula is C25H25N3O5. The lowest BCUT2D eigenvalue weighted by atomic mass is 9.94. The number of benzene rings is 2. The smallest absolute Gasteiger partial charge is 0.295 e. The van der Waals surface area contributed by atoms with Crippen molar-refractivity contribution >= 4 is 17.4 Å². The van der Waals surface area contributed by atoms with Gasteiger partial charge in [-0.15, -0.1) is 0 Å². The summed E-state index contributed by atoms with van der Waals surface area (Å²) in [5.41, 5.74) is 1.05. The summed E-state index contributed by atoms with van der Waals surface area (Å²) in [5, 5.41) is 11.2. The molecule has 1 amide bonds. The van der Waals surface area contributed by atoms with Gasteiger partial charge in [0, 0.05) is 36.6 Å². The molecule has 8 heteroatoms. The fourth-order valence-electron chi connectivity index (χ4n) is 4.09. The van der Waals surface area contributed by atoms with Gasteiger partial charge in [-0.25, -0.2) is 4.98 Å². The molecule has 2 heterocycles. The lowest BCUT2D eigenvalue weighted by molar-refractivity contribution is -0.140. The summed E-state index contributed by atoms with van der Waals surface area (Å²) < 4.78 is 12.7. The first-order chi connectivity index (χ1) is 16.0. The zero-order chi connectivity index (χ0) is 23.4. The van der Waals surface area contributed by atoms with Crippen molar-refractivity contribution in [3.63, 3.8) is 0 Å². The Bertz CT molecular complexity index is 1190. The fraction of sp³-hybridized carbons (Fsp3) is 0.240. The van der Waals surface area contributed by atoms with Crippen molar-refractivity contribution in [3.05, 3.63) is 84.0 Å². The number of hydrogen-bond donors (Lipinski definition) is 1. The number of aliphatic hydroxyl groups excluding tert-OH is 1. The molecule has 1 aromatic heterocycles. The summed E-state index contributed by atoms with van der Waals surface area (Å²) >= 11 is 0. The second-order valence-electron chi connectivity index (χ2n) is 7.62. The number of rotatable bonds is 8. The number of hydrogen-bond acceptors (Lipinski definition) is 6. The predicted molar refractivity (Wildman–Crippen MR) is 122 cm³/mol. The lowest BCUT2D eigenvalue weighted by Gasteiger charge is -2.26. The Hall–Kier alpha value is -4.07. The summed E-state index contributed by atoms with van der Waals surface area (Å²) in [4.78, 5) is 31.8. The molecule has 0 saturated carbocycles. The van der Waals surface area contributed by atoms with Crippen LogP contribution in [0.5, 0.6) is 11.5 Å². The Labute approximate surface area is 191 Å². The first-order valence-electron chi connectivity index (χ1n) is 10.6. The van der Waals surface area contributed by atoms with Crippen LogP contribution >= 0.6 is 0 Å². The third kappa shape index (κ3) is 4.32. The highest BCUT2D eigenvalue weighted by atomic mass is 16.5. The first kappa shape index (κ1) is 22.1. The highest BCUT2D eigenvalue weighted by Gasteiger charge is 2.46. The van der Waals surface area contributed by atoms with Crippen molar-refractivity contribution in [2.24, 2.45) is 0 Å². The van der Waals surface area contributed by atoms with Gasteiger partial charge in [0.05, 0.1) is 32.2 Å².